The van der Waals surface area contributed by atoms with E-state index in [2.05, 4.69) is 34.6 Å². The third kappa shape index (κ3) is 3.49. The van der Waals surface area contributed by atoms with Crippen LogP contribution >= 0.6 is 0 Å². The van der Waals surface area contributed by atoms with E-state index >= 15 is 0 Å². The first-order chi connectivity index (χ1) is 17.9. The van der Waals surface area contributed by atoms with Gasteiger partial charge in [0.05, 0.1) is 17.3 Å². The van der Waals surface area contributed by atoms with E-state index < -0.39 is 41.1 Å². The Morgan fingerprint density at radius 1 is 1.10 bits per heavy atom. The molecule has 1 saturated carbocycles. The van der Waals surface area contributed by atoms with Gasteiger partial charge in [0.1, 0.15) is 12.2 Å². The molecule has 3 N–H and O–H groups in total. The van der Waals surface area contributed by atoms with Crippen LogP contribution in [0.25, 0.3) is 0 Å². The molecule has 3 saturated heterocycles. The molecule has 3 heterocycles. The van der Waals surface area contributed by atoms with Gasteiger partial charge >= 0.3 is 5.97 Å². The highest BCUT2D eigenvalue weighted by atomic mass is 16.7. The van der Waals surface area contributed by atoms with Crippen molar-refractivity contribution in [2.24, 2.45) is 34.0 Å². The fourth-order valence-corrected chi connectivity index (χ4v) is 11.2. The molecule has 0 aromatic heterocycles. The summed E-state index contributed by atoms with van der Waals surface area (Å²) in [7, 11) is 0. The lowest BCUT2D eigenvalue weighted by molar-refractivity contribution is -0.341. The summed E-state index contributed by atoms with van der Waals surface area (Å²) in [4.78, 5) is 12.0. The van der Waals surface area contributed by atoms with Gasteiger partial charge in [-0.05, 0) is 87.9 Å². The summed E-state index contributed by atoms with van der Waals surface area (Å²) in [6.45, 7) is 15.8. The minimum absolute atomic E-state index is 0.0145. The Labute approximate surface area is 233 Å². The number of carbonyl (C=O) groups excluding carboxylic acids is 1. The minimum atomic E-state index is -1.81. The van der Waals surface area contributed by atoms with Crippen molar-refractivity contribution in [1.82, 2.24) is 0 Å². The van der Waals surface area contributed by atoms with Gasteiger partial charge in [-0.2, -0.15) is 0 Å². The van der Waals surface area contributed by atoms with Crippen molar-refractivity contribution in [2.75, 3.05) is 0 Å². The topological polar surface area (TPSA) is 105 Å². The molecule has 6 rings (SSSR count). The highest BCUT2D eigenvalue weighted by molar-refractivity contribution is 5.66. The highest BCUT2D eigenvalue weighted by Gasteiger charge is 2.77. The zero-order valence-corrected chi connectivity index (χ0v) is 25.2. The molecule has 11 atom stereocenters. The average molecular weight is 547 g/mol. The molecule has 3 aliphatic heterocycles. The van der Waals surface area contributed by atoms with Crippen LogP contribution in [-0.4, -0.2) is 62.7 Å². The molecule has 0 radical (unpaired) electrons. The van der Waals surface area contributed by atoms with Crippen molar-refractivity contribution in [2.45, 2.75) is 148 Å². The van der Waals surface area contributed by atoms with E-state index in [1.807, 2.05) is 0 Å². The van der Waals surface area contributed by atoms with E-state index in [1.165, 1.54) is 18.1 Å². The maximum atomic E-state index is 12.4. The Hall–Kier alpha value is -0.990. The monoisotopic (exact) mass is 546 g/mol. The molecule has 3 aliphatic carbocycles. The number of aliphatic hydroxyl groups excluding tert-OH is 1. The first kappa shape index (κ1) is 28.1. The lowest BCUT2D eigenvalue weighted by atomic mass is 9.52. The molecule has 0 unspecified atom stereocenters. The summed E-state index contributed by atoms with van der Waals surface area (Å²) in [5.41, 5.74) is 0.379. The van der Waals surface area contributed by atoms with Crippen LogP contribution < -0.4 is 0 Å². The third-order valence-corrected chi connectivity index (χ3v) is 12.9. The number of aliphatic hydroxyl groups is 3. The van der Waals surface area contributed by atoms with Crippen LogP contribution in [0.2, 0.25) is 0 Å². The van der Waals surface area contributed by atoms with Gasteiger partial charge in [-0.15, -0.1) is 0 Å². The lowest BCUT2D eigenvalue weighted by Crippen LogP contribution is -2.61. The zero-order valence-electron chi connectivity index (χ0n) is 25.2. The average Bonchev–Trinajstić information content (AvgIpc) is 3.30. The van der Waals surface area contributed by atoms with E-state index in [0.717, 1.165) is 44.9 Å². The molecule has 4 fully saturated rings. The van der Waals surface area contributed by atoms with E-state index in [4.69, 9.17) is 14.2 Å². The molecule has 220 valence electrons. The minimum Gasteiger partial charge on any atom is -0.457 e. The van der Waals surface area contributed by atoms with E-state index in [0.29, 0.717) is 18.4 Å². The fourth-order valence-electron chi connectivity index (χ4n) is 11.2. The Balaban J connectivity index is 1.39. The summed E-state index contributed by atoms with van der Waals surface area (Å²) < 4.78 is 18.8. The quantitative estimate of drug-likeness (QED) is 0.349. The summed E-state index contributed by atoms with van der Waals surface area (Å²) in [5.74, 6) is -2.14. The fraction of sp³-hybridized carbons (Fsp3) is 0.906. The van der Waals surface area contributed by atoms with Crippen molar-refractivity contribution in [3.8, 4) is 0 Å². The van der Waals surface area contributed by atoms with Gasteiger partial charge in [0.2, 0.25) is 0 Å². The van der Waals surface area contributed by atoms with Crippen LogP contribution in [-0.2, 0) is 19.0 Å². The Morgan fingerprint density at radius 2 is 1.79 bits per heavy atom. The van der Waals surface area contributed by atoms with Gasteiger partial charge in [-0.3, -0.25) is 4.79 Å². The number of hydrogen-bond donors (Lipinski definition) is 3. The van der Waals surface area contributed by atoms with Crippen molar-refractivity contribution in [3.63, 3.8) is 0 Å². The van der Waals surface area contributed by atoms with Crippen LogP contribution in [0.4, 0.5) is 0 Å². The predicted molar refractivity (Wildman–Crippen MR) is 145 cm³/mol. The number of rotatable bonds is 3. The summed E-state index contributed by atoms with van der Waals surface area (Å²) >= 11 is 0. The van der Waals surface area contributed by atoms with Crippen molar-refractivity contribution >= 4 is 5.97 Å². The van der Waals surface area contributed by atoms with Gasteiger partial charge < -0.3 is 29.5 Å². The van der Waals surface area contributed by atoms with Crippen LogP contribution in [0, 0.1) is 34.0 Å². The highest BCUT2D eigenvalue weighted by Crippen LogP contribution is 2.74. The third-order valence-electron chi connectivity index (χ3n) is 12.9. The maximum absolute atomic E-state index is 12.4. The number of carbonyl (C=O) groups is 1. The van der Waals surface area contributed by atoms with Crippen molar-refractivity contribution in [3.05, 3.63) is 11.1 Å². The molecular weight excluding hydrogens is 496 g/mol. The number of esters is 1. The molecule has 7 nitrogen and oxygen atoms in total. The zero-order chi connectivity index (χ0) is 28.6. The second-order valence-electron chi connectivity index (χ2n) is 15.7. The summed E-state index contributed by atoms with van der Waals surface area (Å²) in [5, 5.41) is 35.6. The van der Waals surface area contributed by atoms with Gasteiger partial charge in [0.25, 0.3) is 0 Å². The maximum Gasteiger partial charge on any atom is 0.303 e. The molecule has 0 aromatic rings. The van der Waals surface area contributed by atoms with Gasteiger partial charge in [0, 0.05) is 18.3 Å². The Kier molecular flexibility index (Phi) is 5.99. The molecule has 39 heavy (non-hydrogen) atoms. The summed E-state index contributed by atoms with van der Waals surface area (Å²) in [6, 6.07) is 0. The van der Waals surface area contributed by atoms with Gasteiger partial charge in [0.15, 0.2) is 11.9 Å². The normalized spacial score (nSPS) is 50.9. The molecule has 6 aliphatic rings. The van der Waals surface area contributed by atoms with Crippen molar-refractivity contribution in [1.29, 1.82) is 0 Å². The van der Waals surface area contributed by atoms with Crippen LogP contribution in [0.5, 0.6) is 0 Å². The molecule has 1 spiro atoms. The molecule has 0 aromatic carbocycles. The Bertz CT molecular complexity index is 1090. The van der Waals surface area contributed by atoms with Crippen molar-refractivity contribution < 1.29 is 34.3 Å². The predicted octanol–water partition coefficient (Wildman–Crippen LogP) is 4.65. The second-order valence-corrected chi connectivity index (χ2v) is 15.7. The SMILES string of the molecule is CC(=O)O[C@H]([C@@H]1C[C@@H](C)[C@H]2[C@@](O)(O1)[C@H](O)[C@@]1(C)C3=C(CC[C@]21C)C[C@]12CC[C@H](O1)C(C)(C)[C@@H]2CC3)C(C)(C)O. The molecule has 0 amide bonds. The second kappa shape index (κ2) is 8.31. The standard InChI is InChI=1S/C32H50O7/c1-17-15-21(25(28(5,6)35)37-18(2)33)38-32(36)24(17)29(7)13-11-19-16-31-14-12-23(39-31)27(3,4)22(31)10-9-20(19)30(29,8)26(32)34/h17,21-26,34-36H,9-16H2,1-8H3/t17-,21+,22+,23+,24-,25-,26-,29-,30-,31+,32-/m1/s1. The lowest BCUT2D eigenvalue weighted by Gasteiger charge is -2.53. The van der Waals surface area contributed by atoms with Crippen LogP contribution in [0.1, 0.15) is 107 Å². The van der Waals surface area contributed by atoms with E-state index in [-0.39, 0.29) is 28.3 Å². The molecule has 7 heteroatoms. The number of ether oxygens (including phenoxy) is 3. The van der Waals surface area contributed by atoms with E-state index in [1.54, 1.807) is 13.8 Å². The van der Waals surface area contributed by atoms with E-state index in [9.17, 15) is 20.1 Å². The summed E-state index contributed by atoms with van der Waals surface area (Å²) in [6.07, 6.45) is 4.96. The largest absolute Gasteiger partial charge is 0.457 e. The number of fused-ring (bicyclic) bond motifs is 5. The first-order valence-corrected chi connectivity index (χ1v) is 15.3. The number of hydrogen-bond acceptors (Lipinski definition) is 7. The van der Waals surface area contributed by atoms with Gasteiger partial charge in [-0.25, -0.2) is 0 Å². The van der Waals surface area contributed by atoms with Gasteiger partial charge in [-0.1, -0.05) is 45.8 Å². The van der Waals surface area contributed by atoms with Crippen LogP contribution in [0.3, 0.4) is 0 Å². The smallest absolute Gasteiger partial charge is 0.303 e. The van der Waals surface area contributed by atoms with Crippen LogP contribution in [0.15, 0.2) is 11.1 Å². The first-order valence-electron chi connectivity index (χ1n) is 15.3. The molecular formula is C32H50O7. The Morgan fingerprint density at radius 3 is 2.44 bits per heavy atom. The molecule has 2 bridgehead atoms.